The van der Waals surface area contributed by atoms with Gasteiger partial charge in [0, 0.05) is 31.6 Å². The van der Waals surface area contributed by atoms with Crippen LogP contribution in [0, 0.1) is 0 Å². The topological polar surface area (TPSA) is 69.6 Å². The van der Waals surface area contributed by atoms with Crippen LogP contribution in [0.1, 0.15) is 33.2 Å². The first-order chi connectivity index (χ1) is 11.9. The Bertz CT molecular complexity index is 711. The number of benzene rings is 2. The van der Waals surface area contributed by atoms with Gasteiger partial charge in [-0.25, -0.2) is 0 Å². The molecule has 2 unspecified atom stereocenters. The summed E-state index contributed by atoms with van der Waals surface area (Å²) in [6.07, 6.45) is -0.209. The van der Waals surface area contributed by atoms with Crippen molar-refractivity contribution in [1.29, 1.82) is 0 Å². The molecule has 25 heavy (non-hydrogen) atoms. The largest absolute Gasteiger partial charge is 0.391 e. The molecule has 0 saturated heterocycles. The summed E-state index contributed by atoms with van der Waals surface area (Å²) in [5.74, 6) is -0.387. The summed E-state index contributed by atoms with van der Waals surface area (Å²) >= 11 is 0. The number of nitrogens with zero attached hydrogens (tertiary/aromatic N) is 1. The minimum atomic E-state index is -0.680. The van der Waals surface area contributed by atoms with E-state index in [0.29, 0.717) is 17.5 Å². The van der Waals surface area contributed by atoms with E-state index in [9.17, 15) is 14.7 Å². The lowest BCUT2D eigenvalue weighted by Gasteiger charge is -2.20. The average molecular weight is 340 g/mol. The van der Waals surface area contributed by atoms with E-state index in [2.05, 4.69) is 5.32 Å². The zero-order valence-electron chi connectivity index (χ0n) is 14.8. The van der Waals surface area contributed by atoms with Crippen molar-refractivity contribution in [3.05, 3.63) is 71.3 Å². The Hall–Kier alpha value is -2.66. The number of nitrogens with one attached hydrogen (secondary N) is 1. The second-order valence-electron chi connectivity index (χ2n) is 6.30. The SMILES string of the molecule is CC(NC(=O)c1ccc(C(=O)N(C)C)cc1)C(O)Cc1ccccc1. The lowest BCUT2D eigenvalue weighted by atomic mass is 10.0. The van der Waals surface area contributed by atoms with Crippen LogP contribution in [-0.4, -0.2) is 48.1 Å². The van der Waals surface area contributed by atoms with Gasteiger partial charge in [-0.2, -0.15) is 0 Å². The monoisotopic (exact) mass is 340 g/mol. The fraction of sp³-hybridized carbons (Fsp3) is 0.300. The quantitative estimate of drug-likeness (QED) is 0.846. The first kappa shape index (κ1) is 18.7. The summed E-state index contributed by atoms with van der Waals surface area (Å²) in [5.41, 5.74) is 2.00. The van der Waals surface area contributed by atoms with Crippen LogP contribution < -0.4 is 5.32 Å². The van der Waals surface area contributed by atoms with Crippen LogP contribution in [-0.2, 0) is 6.42 Å². The second kappa shape index (κ2) is 8.44. The molecule has 0 heterocycles. The maximum Gasteiger partial charge on any atom is 0.253 e. The van der Waals surface area contributed by atoms with E-state index >= 15 is 0 Å². The van der Waals surface area contributed by atoms with Gasteiger partial charge in [0.15, 0.2) is 0 Å². The van der Waals surface area contributed by atoms with Crippen LogP contribution >= 0.6 is 0 Å². The van der Waals surface area contributed by atoms with Crippen molar-refractivity contribution < 1.29 is 14.7 Å². The number of aliphatic hydroxyl groups is 1. The standard InChI is InChI=1S/C20H24N2O3/c1-14(18(23)13-15-7-5-4-6-8-15)21-19(24)16-9-11-17(12-10-16)20(25)22(2)3/h4-12,14,18,23H,13H2,1-3H3,(H,21,24). The van der Waals surface area contributed by atoms with Crippen molar-refractivity contribution >= 4 is 11.8 Å². The molecule has 2 aromatic carbocycles. The van der Waals surface area contributed by atoms with Crippen LogP contribution in [0.25, 0.3) is 0 Å². The molecule has 2 amide bonds. The molecule has 132 valence electrons. The van der Waals surface area contributed by atoms with Gasteiger partial charge in [-0.1, -0.05) is 30.3 Å². The van der Waals surface area contributed by atoms with Gasteiger partial charge in [-0.15, -0.1) is 0 Å². The van der Waals surface area contributed by atoms with Crippen LogP contribution in [0.4, 0.5) is 0 Å². The molecule has 5 nitrogen and oxygen atoms in total. The van der Waals surface area contributed by atoms with Crippen LogP contribution in [0.5, 0.6) is 0 Å². The van der Waals surface area contributed by atoms with Crippen molar-refractivity contribution in [3.8, 4) is 0 Å². The van der Waals surface area contributed by atoms with E-state index in [0.717, 1.165) is 5.56 Å². The number of carbonyl (C=O) groups is 2. The van der Waals surface area contributed by atoms with Gasteiger partial charge in [0.25, 0.3) is 11.8 Å². The highest BCUT2D eigenvalue weighted by Gasteiger charge is 2.18. The van der Waals surface area contributed by atoms with Gasteiger partial charge >= 0.3 is 0 Å². The Kier molecular flexibility index (Phi) is 6.31. The number of carbonyl (C=O) groups excluding carboxylic acids is 2. The molecular weight excluding hydrogens is 316 g/mol. The smallest absolute Gasteiger partial charge is 0.253 e. The van der Waals surface area contributed by atoms with Crippen LogP contribution in [0.3, 0.4) is 0 Å². The van der Waals surface area contributed by atoms with Crippen molar-refractivity contribution in [3.63, 3.8) is 0 Å². The van der Waals surface area contributed by atoms with Crippen LogP contribution in [0.15, 0.2) is 54.6 Å². The normalized spacial score (nSPS) is 13.0. The summed E-state index contributed by atoms with van der Waals surface area (Å²) < 4.78 is 0. The Morgan fingerprint density at radius 1 is 1.00 bits per heavy atom. The highest BCUT2D eigenvalue weighted by atomic mass is 16.3. The van der Waals surface area contributed by atoms with E-state index < -0.39 is 12.1 Å². The highest BCUT2D eigenvalue weighted by molar-refractivity contribution is 5.97. The maximum atomic E-state index is 12.3. The summed E-state index contributed by atoms with van der Waals surface area (Å²) in [7, 11) is 3.36. The zero-order valence-corrected chi connectivity index (χ0v) is 14.8. The van der Waals surface area contributed by atoms with E-state index in [1.54, 1.807) is 45.3 Å². The minimum Gasteiger partial charge on any atom is -0.391 e. The number of rotatable bonds is 6. The Morgan fingerprint density at radius 3 is 2.12 bits per heavy atom. The van der Waals surface area contributed by atoms with Gasteiger partial charge in [-0.05, 0) is 36.8 Å². The Morgan fingerprint density at radius 2 is 1.56 bits per heavy atom. The third-order valence-electron chi connectivity index (χ3n) is 4.02. The third-order valence-corrected chi connectivity index (χ3v) is 4.02. The molecular formula is C20H24N2O3. The molecule has 0 aromatic heterocycles. The molecule has 0 spiro atoms. The van der Waals surface area contributed by atoms with Crippen molar-refractivity contribution in [2.75, 3.05) is 14.1 Å². The molecule has 0 aliphatic heterocycles. The molecule has 2 atom stereocenters. The molecule has 0 aliphatic carbocycles. The van der Waals surface area contributed by atoms with E-state index in [1.165, 1.54) is 4.90 Å². The van der Waals surface area contributed by atoms with Crippen molar-refractivity contribution in [2.24, 2.45) is 0 Å². The van der Waals surface area contributed by atoms with Crippen molar-refractivity contribution in [1.82, 2.24) is 10.2 Å². The van der Waals surface area contributed by atoms with Gasteiger partial charge in [0.2, 0.25) is 0 Å². The first-order valence-corrected chi connectivity index (χ1v) is 8.23. The molecule has 0 aliphatic rings. The van der Waals surface area contributed by atoms with E-state index in [-0.39, 0.29) is 11.8 Å². The lowest BCUT2D eigenvalue weighted by molar-refractivity contribution is 0.0824. The molecule has 2 aromatic rings. The van der Waals surface area contributed by atoms with E-state index in [1.807, 2.05) is 30.3 Å². The van der Waals surface area contributed by atoms with Gasteiger partial charge in [0.1, 0.15) is 0 Å². The van der Waals surface area contributed by atoms with Crippen LogP contribution in [0.2, 0.25) is 0 Å². The first-order valence-electron chi connectivity index (χ1n) is 8.23. The number of amides is 2. The van der Waals surface area contributed by atoms with Gasteiger partial charge in [0.05, 0.1) is 12.1 Å². The molecule has 5 heteroatoms. The Labute approximate surface area is 148 Å². The van der Waals surface area contributed by atoms with E-state index in [4.69, 9.17) is 0 Å². The summed E-state index contributed by atoms with van der Waals surface area (Å²) in [4.78, 5) is 25.7. The lowest BCUT2D eigenvalue weighted by Crippen LogP contribution is -2.42. The number of hydrogen-bond donors (Lipinski definition) is 2. The molecule has 0 radical (unpaired) electrons. The molecule has 0 bridgehead atoms. The Balaban J connectivity index is 1.95. The average Bonchev–Trinajstić information content (AvgIpc) is 2.61. The molecule has 0 saturated carbocycles. The fourth-order valence-electron chi connectivity index (χ4n) is 2.44. The molecule has 0 fully saturated rings. The fourth-order valence-corrected chi connectivity index (χ4v) is 2.44. The maximum absolute atomic E-state index is 12.3. The summed E-state index contributed by atoms with van der Waals surface area (Å²) in [6, 6.07) is 15.7. The third kappa shape index (κ3) is 5.16. The predicted molar refractivity (Wildman–Crippen MR) is 97.5 cm³/mol. The van der Waals surface area contributed by atoms with Gasteiger partial charge in [-0.3, -0.25) is 9.59 Å². The second-order valence-corrected chi connectivity index (χ2v) is 6.30. The molecule has 2 N–H and O–H groups in total. The summed E-state index contributed by atoms with van der Waals surface area (Å²) in [6.45, 7) is 1.77. The van der Waals surface area contributed by atoms with Crippen molar-refractivity contribution in [2.45, 2.75) is 25.5 Å². The summed E-state index contributed by atoms with van der Waals surface area (Å²) in [5, 5.41) is 13.1. The predicted octanol–water partition coefficient (Wildman–Crippen LogP) is 2.11. The minimum absolute atomic E-state index is 0.112. The number of aliphatic hydroxyl groups excluding tert-OH is 1. The molecule has 2 rings (SSSR count). The highest BCUT2D eigenvalue weighted by Crippen LogP contribution is 2.09. The number of hydrogen-bond acceptors (Lipinski definition) is 3. The van der Waals surface area contributed by atoms with Gasteiger partial charge < -0.3 is 15.3 Å². The zero-order chi connectivity index (χ0) is 18.4.